The van der Waals surface area contributed by atoms with Crippen LogP contribution >= 0.6 is 0 Å². The molecule has 6 nitrogen and oxygen atoms in total. The topological polar surface area (TPSA) is 78.9 Å². The minimum Gasteiger partial charge on any atom is -0.462 e. The van der Waals surface area contributed by atoms with Crippen LogP contribution in [0.1, 0.15) is 271 Å². The summed E-state index contributed by atoms with van der Waals surface area (Å²) in [5.74, 6) is -0.874. The van der Waals surface area contributed by atoms with E-state index in [1.54, 1.807) is 0 Å². The van der Waals surface area contributed by atoms with Crippen LogP contribution in [0.3, 0.4) is 0 Å². The van der Waals surface area contributed by atoms with Crippen molar-refractivity contribution in [2.45, 2.75) is 277 Å². The molecule has 0 fully saturated rings. The van der Waals surface area contributed by atoms with E-state index in [9.17, 15) is 14.4 Å². The van der Waals surface area contributed by atoms with Crippen LogP contribution in [0, 0.1) is 0 Å². The van der Waals surface area contributed by atoms with Crippen molar-refractivity contribution in [3.8, 4) is 0 Å². The monoisotopic (exact) mass is 791 g/mol. The van der Waals surface area contributed by atoms with Gasteiger partial charge in [0, 0.05) is 19.3 Å². The van der Waals surface area contributed by atoms with Gasteiger partial charge in [0.1, 0.15) is 13.2 Å². The summed E-state index contributed by atoms with van der Waals surface area (Å²) in [6, 6.07) is 0. The van der Waals surface area contributed by atoms with E-state index in [1.165, 1.54) is 167 Å². The summed E-state index contributed by atoms with van der Waals surface area (Å²) in [5.41, 5.74) is 0. The van der Waals surface area contributed by atoms with Crippen LogP contribution in [0.4, 0.5) is 0 Å². The first-order chi connectivity index (χ1) is 27.5. The van der Waals surface area contributed by atoms with E-state index in [0.29, 0.717) is 19.3 Å². The molecule has 1 unspecified atom stereocenters. The molecule has 0 aromatic carbocycles. The van der Waals surface area contributed by atoms with Crippen molar-refractivity contribution in [1.29, 1.82) is 0 Å². The lowest BCUT2D eigenvalue weighted by atomic mass is 10.0. The van der Waals surface area contributed by atoms with Gasteiger partial charge in [0.05, 0.1) is 0 Å². The standard InChI is InChI=1S/C50H94O6/c1-4-7-10-13-16-19-22-24-26-28-31-34-37-40-43-49(52)55-46-47(45-54-48(51)42-39-36-33-30-27-21-18-15-12-9-6-3)56-50(53)44-41-38-35-32-29-25-23-20-17-14-11-8-5-2/h26,28,47H,4-25,27,29-46H2,1-3H3/b28-26-. The molecule has 0 saturated carbocycles. The Kier molecular flexibility index (Phi) is 44.3. The number of hydrogen-bond acceptors (Lipinski definition) is 6. The molecule has 0 spiro atoms. The minimum atomic E-state index is -0.767. The van der Waals surface area contributed by atoms with Crippen LogP contribution in [0.15, 0.2) is 12.2 Å². The van der Waals surface area contributed by atoms with Crippen LogP contribution in [-0.4, -0.2) is 37.2 Å². The maximum Gasteiger partial charge on any atom is 0.306 e. The van der Waals surface area contributed by atoms with Crippen LogP contribution in [0.5, 0.6) is 0 Å². The number of hydrogen-bond donors (Lipinski definition) is 0. The molecule has 6 heteroatoms. The van der Waals surface area contributed by atoms with Crippen LogP contribution in [0.2, 0.25) is 0 Å². The second-order valence-corrected chi connectivity index (χ2v) is 16.7. The highest BCUT2D eigenvalue weighted by Gasteiger charge is 2.19. The summed E-state index contributed by atoms with van der Waals surface area (Å²) in [6.45, 7) is 6.63. The Morgan fingerprint density at radius 2 is 0.589 bits per heavy atom. The quantitative estimate of drug-likeness (QED) is 0.0264. The first-order valence-electron chi connectivity index (χ1n) is 24.7. The van der Waals surface area contributed by atoms with E-state index in [1.807, 2.05) is 0 Å². The van der Waals surface area contributed by atoms with Crippen molar-refractivity contribution in [2.24, 2.45) is 0 Å². The van der Waals surface area contributed by atoms with Gasteiger partial charge in [-0.15, -0.1) is 0 Å². The van der Waals surface area contributed by atoms with Crippen molar-refractivity contribution in [3.63, 3.8) is 0 Å². The van der Waals surface area contributed by atoms with E-state index in [-0.39, 0.29) is 31.1 Å². The fourth-order valence-corrected chi connectivity index (χ4v) is 7.26. The lowest BCUT2D eigenvalue weighted by Crippen LogP contribution is -2.30. The third kappa shape index (κ3) is 43.3. The molecule has 1 atom stereocenters. The number of allylic oxidation sites excluding steroid dienone is 2. The number of rotatable bonds is 45. The summed E-state index contributed by atoms with van der Waals surface area (Å²) >= 11 is 0. The van der Waals surface area contributed by atoms with Crippen molar-refractivity contribution in [2.75, 3.05) is 13.2 Å². The van der Waals surface area contributed by atoms with E-state index >= 15 is 0 Å². The van der Waals surface area contributed by atoms with E-state index in [4.69, 9.17) is 14.2 Å². The van der Waals surface area contributed by atoms with Crippen molar-refractivity contribution < 1.29 is 28.6 Å². The summed E-state index contributed by atoms with van der Waals surface area (Å²) in [4.78, 5) is 37.8. The van der Waals surface area contributed by atoms with Crippen molar-refractivity contribution in [3.05, 3.63) is 12.2 Å². The predicted molar refractivity (Wildman–Crippen MR) is 238 cm³/mol. The smallest absolute Gasteiger partial charge is 0.306 e. The third-order valence-electron chi connectivity index (χ3n) is 11.0. The number of unbranched alkanes of at least 4 members (excludes halogenated alkanes) is 32. The molecule has 0 aliphatic rings. The second kappa shape index (κ2) is 45.8. The predicted octanol–water partition coefficient (Wildman–Crippen LogP) is 15.8. The van der Waals surface area contributed by atoms with Crippen LogP contribution in [0.25, 0.3) is 0 Å². The van der Waals surface area contributed by atoms with Gasteiger partial charge in [0.25, 0.3) is 0 Å². The molecule has 0 heterocycles. The summed E-state index contributed by atoms with van der Waals surface area (Å²) in [7, 11) is 0. The van der Waals surface area contributed by atoms with E-state index < -0.39 is 6.10 Å². The Labute approximate surface area is 348 Å². The number of carbonyl (C=O) groups is 3. The Bertz CT molecular complexity index is 870. The van der Waals surface area contributed by atoms with E-state index in [2.05, 4.69) is 32.9 Å². The molecule has 0 bridgehead atoms. The molecule has 0 aliphatic carbocycles. The van der Waals surface area contributed by atoms with Crippen molar-refractivity contribution >= 4 is 17.9 Å². The average molecular weight is 791 g/mol. The van der Waals surface area contributed by atoms with Gasteiger partial charge in [0.15, 0.2) is 6.10 Å². The van der Waals surface area contributed by atoms with Crippen molar-refractivity contribution in [1.82, 2.24) is 0 Å². The zero-order valence-corrected chi connectivity index (χ0v) is 37.7. The van der Waals surface area contributed by atoms with Gasteiger partial charge in [-0.25, -0.2) is 0 Å². The van der Waals surface area contributed by atoms with Gasteiger partial charge in [-0.1, -0.05) is 219 Å². The molecule has 0 N–H and O–H groups in total. The maximum atomic E-state index is 12.7. The molecule has 330 valence electrons. The molecule has 0 aromatic heterocycles. The van der Waals surface area contributed by atoms with Gasteiger partial charge >= 0.3 is 17.9 Å². The van der Waals surface area contributed by atoms with Gasteiger partial charge in [-0.3, -0.25) is 14.4 Å². The van der Waals surface area contributed by atoms with Gasteiger partial charge in [-0.2, -0.15) is 0 Å². The number of esters is 3. The first-order valence-corrected chi connectivity index (χ1v) is 24.7. The molecule has 0 rings (SSSR count). The van der Waals surface area contributed by atoms with E-state index in [0.717, 1.165) is 64.2 Å². The molecule has 0 amide bonds. The first kappa shape index (κ1) is 54.2. The highest BCUT2D eigenvalue weighted by Crippen LogP contribution is 2.15. The van der Waals surface area contributed by atoms with Gasteiger partial charge in [0.2, 0.25) is 0 Å². The largest absolute Gasteiger partial charge is 0.462 e. The summed E-state index contributed by atoms with van der Waals surface area (Å²) < 4.78 is 16.7. The molecular formula is C50H94O6. The molecular weight excluding hydrogens is 697 g/mol. The van der Waals surface area contributed by atoms with Gasteiger partial charge in [-0.05, 0) is 44.9 Å². The lowest BCUT2D eigenvalue weighted by Gasteiger charge is -2.18. The Balaban J connectivity index is 4.35. The summed E-state index contributed by atoms with van der Waals surface area (Å²) in [6.07, 6.45) is 49.0. The Hall–Kier alpha value is -1.85. The molecule has 0 radical (unpaired) electrons. The molecule has 0 saturated heterocycles. The fourth-order valence-electron chi connectivity index (χ4n) is 7.26. The summed E-state index contributed by atoms with van der Waals surface area (Å²) in [5, 5.41) is 0. The van der Waals surface area contributed by atoms with Crippen LogP contribution in [-0.2, 0) is 28.6 Å². The Morgan fingerprint density at radius 3 is 0.911 bits per heavy atom. The minimum absolute atomic E-state index is 0.0698. The SMILES string of the molecule is CCCCCCCCC/C=C\CCCCCC(=O)OCC(COC(=O)CCCCCCCCCCCCC)OC(=O)CCCCCCCCCCCCCCC. The number of carbonyl (C=O) groups excluding carboxylic acids is 3. The zero-order valence-electron chi connectivity index (χ0n) is 37.7. The highest BCUT2D eigenvalue weighted by molar-refractivity contribution is 5.71. The number of ether oxygens (including phenoxy) is 3. The Morgan fingerprint density at radius 1 is 0.339 bits per heavy atom. The molecule has 56 heavy (non-hydrogen) atoms. The highest BCUT2D eigenvalue weighted by atomic mass is 16.6. The lowest BCUT2D eigenvalue weighted by molar-refractivity contribution is -0.167. The third-order valence-corrected chi connectivity index (χ3v) is 11.0. The average Bonchev–Trinajstić information content (AvgIpc) is 3.19. The van der Waals surface area contributed by atoms with Crippen LogP contribution < -0.4 is 0 Å². The van der Waals surface area contributed by atoms with Gasteiger partial charge < -0.3 is 14.2 Å². The normalized spacial score (nSPS) is 12.0. The zero-order chi connectivity index (χ0) is 40.8. The fraction of sp³-hybridized carbons (Fsp3) is 0.900. The molecule has 0 aromatic rings. The maximum absolute atomic E-state index is 12.7. The second-order valence-electron chi connectivity index (χ2n) is 16.7. The molecule has 0 aliphatic heterocycles.